The van der Waals surface area contributed by atoms with E-state index in [9.17, 15) is 4.79 Å². The van der Waals surface area contributed by atoms with E-state index >= 15 is 0 Å². The molecule has 0 saturated carbocycles. The lowest BCUT2D eigenvalue weighted by Gasteiger charge is -2.22. The van der Waals surface area contributed by atoms with E-state index in [2.05, 4.69) is 10.1 Å². The first kappa shape index (κ1) is 18.2. The lowest BCUT2D eigenvalue weighted by molar-refractivity contribution is -0.132. The van der Waals surface area contributed by atoms with Crippen LogP contribution >= 0.6 is 0 Å². The molecule has 0 bridgehead atoms. The van der Waals surface area contributed by atoms with Gasteiger partial charge in [0.2, 0.25) is 17.6 Å². The van der Waals surface area contributed by atoms with Gasteiger partial charge in [0.1, 0.15) is 11.8 Å². The Kier molecular flexibility index (Phi) is 5.37. The molecule has 144 valence electrons. The number of likely N-dealkylation sites (tertiary alicyclic amines) is 1. The maximum Gasteiger partial charge on any atom is 0.249 e. The van der Waals surface area contributed by atoms with Gasteiger partial charge in [-0.3, -0.25) is 4.79 Å². The molecule has 28 heavy (non-hydrogen) atoms. The van der Waals surface area contributed by atoms with Crippen molar-refractivity contribution in [1.29, 1.82) is 0 Å². The highest BCUT2D eigenvalue weighted by molar-refractivity contribution is 5.77. The number of rotatable bonds is 6. The molecule has 0 unspecified atom stereocenters. The zero-order chi connectivity index (χ0) is 19.3. The minimum Gasteiger partial charge on any atom is -0.496 e. The second kappa shape index (κ2) is 8.25. The van der Waals surface area contributed by atoms with Gasteiger partial charge in [-0.15, -0.1) is 0 Å². The van der Waals surface area contributed by atoms with Crippen LogP contribution in [0.2, 0.25) is 0 Å². The molecule has 0 radical (unpaired) electrons. The molecule has 1 aliphatic rings. The smallest absolute Gasteiger partial charge is 0.249 e. The van der Waals surface area contributed by atoms with Crippen LogP contribution in [0.15, 0.2) is 59.1 Å². The summed E-state index contributed by atoms with van der Waals surface area (Å²) in [6, 6.07) is 17.4. The van der Waals surface area contributed by atoms with Crippen molar-refractivity contribution in [3.05, 3.63) is 66.1 Å². The van der Waals surface area contributed by atoms with Crippen LogP contribution in [0.1, 0.15) is 36.8 Å². The summed E-state index contributed by atoms with van der Waals surface area (Å²) in [4.78, 5) is 19.3. The Hall–Kier alpha value is -3.15. The van der Waals surface area contributed by atoms with Gasteiger partial charge in [0.05, 0.1) is 7.11 Å². The number of carbonyl (C=O) groups excluding carboxylic acids is 1. The zero-order valence-electron chi connectivity index (χ0n) is 15.9. The van der Waals surface area contributed by atoms with Crippen molar-refractivity contribution in [1.82, 2.24) is 15.0 Å². The van der Waals surface area contributed by atoms with Gasteiger partial charge >= 0.3 is 0 Å². The van der Waals surface area contributed by atoms with Crippen molar-refractivity contribution in [3.63, 3.8) is 0 Å². The van der Waals surface area contributed by atoms with Gasteiger partial charge in [0.25, 0.3) is 0 Å². The van der Waals surface area contributed by atoms with Crippen molar-refractivity contribution in [3.8, 4) is 17.1 Å². The Balaban J connectivity index is 1.45. The van der Waals surface area contributed by atoms with E-state index in [4.69, 9.17) is 9.26 Å². The van der Waals surface area contributed by atoms with Crippen molar-refractivity contribution in [2.24, 2.45) is 0 Å². The van der Waals surface area contributed by atoms with E-state index in [1.54, 1.807) is 7.11 Å². The molecule has 0 aliphatic carbocycles. The second-order valence-electron chi connectivity index (χ2n) is 6.88. The van der Waals surface area contributed by atoms with Crippen LogP contribution in [0.4, 0.5) is 0 Å². The molecule has 1 atom stereocenters. The van der Waals surface area contributed by atoms with Gasteiger partial charge in [-0.25, -0.2) is 0 Å². The van der Waals surface area contributed by atoms with Crippen molar-refractivity contribution in [2.45, 2.75) is 31.7 Å². The molecule has 1 aliphatic heterocycles. The summed E-state index contributed by atoms with van der Waals surface area (Å²) in [5, 5.41) is 4.10. The number of aryl methyl sites for hydroxylation is 1. The van der Waals surface area contributed by atoms with E-state index in [0.717, 1.165) is 36.3 Å². The monoisotopic (exact) mass is 377 g/mol. The average Bonchev–Trinajstić information content (AvgIpc) is 3.42. The van der Waals surface area contributed by atoms with E-state index in [-0.39, 0.29) is 11.9 Å². The van der Waals surface area contributed by atoms with Gasteiger partial charge < -0.3 is 14.2 Å². The Bertz CT molecular complexity index is 939. The predicted molar refractivity (Wildman–Crippen MR) is 105 cm³/mol. The van der Waals surface area contributed by atoms with Gasteiger partial charge in [0.15, 0.2) is 0 Å². The fraction of sp³-hybridized carbons (Fsp3) is 0.318. The summed E-state index contributed by atoms with van der Waals surface area (Å²) >= 11 is 0. The molecule has 1 aromatic heterocycles. The van der Waals surface area contributed by atoms with Crippen LogP contribution in [0.5, 0.6) is 5.75 Å². The standard InChI is InChI=1S/C22H23N3O3/c1-27-19-12-6-5-8-16(19)13-14-20(26)25-15-7-11-18(25)22-23-21(24-28-22)17-9-3-2-4-10-17/h2-6,8-10,12,18H,7,11,13-15H2,1H3/t18-/m0/s1. The van der Waals surface area contributed by atoms with Crippen LogP contribution < -0.4 is 4.74 Å². The normalized spacial score (nSPS) is 16.3. The van der Waals surface area contributed by atoms with Crippen LogP contribution in [-0.4, -0.2) is 34.6 Å². The van der Waals surface area contributed by atoms with Gasteiger partial charge in [0, 0.05) is 18.5 Å². The van der Waals surface area contributed by atoms with Crippen molar-refractivity contribution < 1.29 is 14.1 Å². The van der Waals surface area contributed by atoms with E-state index in [0.29, 0.717) is 24.6 Å². The zero-order valence-corrected chi connectivity index (χ0v) is 15.9. The molecular formula is C22H23N3O3. The Morgan fingerprint density at radius 2 is 1.96 bits per heavy atom. The maximum absolute atomic E-state index is 12.9. The first-order chi connectivity index (χ1) is 13.8. The highest BCUT2D eigenvalue weighted by Crippen LogP contribution is 2.33. The summed E-state index contributed by atoms with van der Waals surface area (Å²) < 4.78 is 10.9. The minimum atomic E-state index is -0.143. The molecule has 4 rings (SSSR count). The van der Waals surface area contributed by atoms with Crippen LogP contribution in [-0.2, 0) is 11.2 Å². The molecule has 1 saturated heterocycles. The number of benzene rings is 2. The molecule has 1 fully saturated rings. The van der Waals surface area contributed by atoms with Gasteiger partial charge in [-0.05, 0) is 30.9 Å². The van der Waals surface area contributed by atoms with Gasteiger partial charge in [-0.1, -0.05) is 53.7 Å². The number of hydrogen-bond donors (Lipinski definition) is 0. The summed E-state index contributed by atoms with van der Waals surface area (Å²) in [5.74, 6) is 2.00. The number of nitrogens with zero attached hydrogens (tertiary/aromatic N) is 3. The Morgan fingerprint density at radius 3 is 2.79 bits per heavy atom. The second-order valence-corrected chi connectivity index (χ2v) is 6.88. The first-order valence-corrected chi connectivity index (χ1v) is 9.56. The third-order valence-corrected chi connectivity index (χ3v) is 5.13. The van der Waals surface area contributed by atoms with Gasteiger partial charge in [-0.2, -0.15) is 4.98 Å². The minimum absolute atomic E-state index is 0.105. The molecule has 2 aromatic carbocycles. The Morgan fingerprint density at radius 1 is 1.18 bits per heavy atom. The average molecular weight is 377 g/mol. The van der Waals surface area contributed by atoms with Crippen LogP contribution in [0.3, 0.4) is 0 Å². The summed E-state index contributed by atoms with van der Waals surface area (Å²) in [6.07, 6.45) is 2.85. The van der Waals surface area contributed by atoms with Crippen molar-refractivity contribution in [2.75, 3.05) is 13.7 Å². The fourth-order valence-corrected chi connectivity index (χ4v) is 3.69. The molecule has 0 N–H and O–H groups in total. The largest absolute Gasteiger partial charge is 0.496 e. The molecule has 6 nitrogen and oxygen atoms in total. The summed E-state index contributed by atoms with van der Waals surface area (Å²) in [5.41, 5.74) is 1.95. The summed E-state index contributed by atoms with van der Waals surface area (Å²) in [6.45, 7) is 0.721. The number of hydrogen-bond acceptors (Lipinski definition) is 5. The first-order valence-electron chi connectivity index (χ1n) is 9.56. The lowest BCUT2D eigenvalue weighted by Crippen LogP contribution is -2.30. The van der Waals surface area contributed by atoms with Crippen LogP contribution in [0.25, 0.3) is 11.4 Å². The third-order valence-electron chi connectivity index (χ3n) is 5.13. The molecule has 0 spiro atoms. The van der Waals surface area contributed by atoms with E-state index in [1.807, 2.05) is 59.5 Å². The number of aromatic nitrogens is 2. The highest BCUT2D eigenvalue weighted by atomic mass is 16.5. The fourth-order valence-electron chi connectivity index (χ4n) is 3.69. The quantitative estimate of drug-likeness (QED) is 0.648. The van der Waals surface area contributed by atoms with E-state index < -0.39 is 0 Å². The van der Waals surface area contributed by atoms with Crippen LogP contribution in [0, 0.1) is 0 Å². The topological polar surface area (TPSA) is 68.5 Å². The summed E-state index contributed by atoms with van der Waals surface area (Å²) in [7, 11) is 1.65. The number of carbonyl (C=O) groups is 1. The lowest BCUT2D eigenvalue weighted by atomic mass is 10.1. The number of amides is 1. The molecular weight excluding hydrogens is 354 g/mol. The molecule has 1 amide bonds. The number of ether oxygens (including phenoxy) is 1. The molecule has 6 heteroatoms. The number of methoxy groups -OCH3 is 1. The third kappa shape index (κ3) is 3.76. The molecule has 2 heterocycles. The number of para-hydroxylation sites is 1. The predicted octanol–water partition coefficient (Wildman–Crippen LogP) is 4.04. The van der Waals surface area contributed by atoms with Crippen molar-refractivity contribution >= 4 is 5.91 Å². The Labute approximate surface area is 164 Å². The highest BCUT2D eigenvalue weighted by Gasteiger charge is 2.33. The van der Waals surface area contributed by atoms with E-state index in [1.165, 1.54) is 0 Å². The maximum atomic E-state index is 12.9. The molecule has 3 aromatic rings. The SMILES string of the molecule is COc1ccccc1CCC(=O)N1CCC[C@H]1c1nc(-c2ccccc2)no1.